The molecule has 0 fully saturated rings. The van der Waals surface area contributed by atoms with Crippen molar-refractivity contribution in [3.05, 3.63) is 102 Å². The number of nitrogens with zero attached hydrogens (tertiary/aromatic N) is 1. The molecule has 0 aliphatic carbocycles. The van der Waals surface area contributed by atoms with E-state index in [1.165, 1.54) is 17.7 Å². The summed E-state index contributed by atoms with van der Waals surface area (Å²) < 4.78 is 22.0. The van der Waals surface area contributed by atoms with E-state index in [2.05, 4.69) is 0 Å². The highest BCUT2D eigenvalue weighted by molar-refractivity contribution is 6.16. The van der Waals surface area contributed by atoms with Gasteiger partial charge < -0.3 is 9.30 Å². The summed E-state index contributed by atoms with van der Waals surface area (Å²) in [6.07, 6.45) is 2.62. The summed E-state index contributed by atoms with van der Waals surface area (Å²) in [5, 5.41) is 0.834. The lowest BCUT2D eigenvalue weighted by molar-refractivity contribution is 0.103. The molecule has 0 aliphatic heterocycles. The van der Waals surface area contributed by atoms with E-state index in [-0.39, 0.29) is 11.3 Å². The Bertz CT molecular complexity index is 1150. The molecule has 3 aromatic carbocycles. The van der Waals surface area contributed by atoms with Crippen molar-refractivity contribution in [1.82, 2.24) is 4.57 Å². The van der Waals surface area contributed by atoms with E-state index in [4.69, 9.17) is 4.74 Å². The minimum atomic E-state index is -0.499. The zero-order valence-corrected chi connectivity index (χ0v) is 16.3. The third-order valence-electron chi connectivity index (χ3n) is 4.98. The molecule has 4 aromatic rings. The lowest BCUT2D eigenvalue weighted by Gasteiger charge is -2.08. The number of hydrogen-bond acceptors (Lipinski definition) is 2. The van der Waals surface area contributed by atoms with E-state index in [1.807, 2.05) is 66.2 Å². The fourth-order valence-corrected chi connectivity index (χ4v) is 3.46. The van der Waals surface area contributed by atoms with Crippen LogP contribution in [0.15, 0.2) is 79.0 Å². The zero-order valence-electron chi connectivity index (χ0n) is 16.3. The number of hydrogen-bond donors (Lipinski definition) is 0. The predicted molar refractivity (Wildman–Crippen MR) is 113 cm³/mol. The fraction of sp³-hybridized carbons (Fsp3) is 0.160. The molecule has 0 saturated heterocycles. The number of aromatic nitrogens is 1. The molecule has 3 nitrogen and oxygen atoms in total. The molecule has 4 heteroatoms. The topological polar surface area (TPSA) is 31.2 Å². The Morgan fingerprint density at radius 1 is 0.931 bits per heavy atom. The molecule has 0 aliphatic rings. The molecule has 29 heavy (non-hydrogen) atoms. The summed E-state index contributed by atoms with van der Waals surface area (Å²) in [6, 6.07) is 21.8. The largest absolute Gasteiger partial charge is 0.494 e. The first-order chi connectivity index (χ1) is 14.1. The van der Waals surface area contributed by atoms with Gasteiger partial charge in [0, 0.05) is 29.2 Å². The highest BCUT2D eigenvalue weighted by Gasteiger charge is 2.19. The number of carbonyl (C=O) groups is 1. The molecular formula is C25H22FNO2. The van der Waals surface area contributed by atoms with E-state index in [1.54, 1.807) is 12.1 Å². The minimum absolute atomic E-state index is 0.0955. The molecule has 0 spiro atoms. The average Bonchev–Trinajstić information content (AvgIpc) is 3.11. The highest BCUT2D eigenvalue weighted by Crippen LogP contribution is 2.25. The van der Waals surface area contributed by atoms with Crippen LogP contribution in [0.5, 0.6) is 5.75 Å². The van der Waals surface area contributed by atoms with Crippen LogP contribution in [0.1, 0.15) is 27.9 Å². The number of rotatable bonds is 7. The number of benzene rings is 3. The van der Waals surface area contributed by atoms with Crippen molar-refractivity contribution in [2.45, 2.75) is 19.9 Å². The third-order valence-corrected chi connectivity index (χ3v) is 4.98. The second-order valence-corrected chi connectivity index (χ2v) is 7.08. The van der Waals surface area contributed by atoms with Gasteiger partial charge in [-0.1, -0.05) is 48.0 Å². The maximum atomic E-state index is 14.1. The van der Waals surface area contributed by atoms with Crippen molar-refractivity contribution in [2.75, 3.05) is 6.61 Å². The van der Waals surface area contributed by atoms with Crippen LogP contribution < -0.4 is 4.74 Å². The Balaban J connectivity index is 1.52. The average molecular weight is 387 g/mol. The van der Waals surface area contributed by atoms with Crippen LogP contribution in [0.4, 0.5) is 4.39 Å². The van der Waals surface area contributed by atoms with E-state index in [0.29, 0.717) is 18.7 Å². The molecule has 0 atom stereocenters. The molecule has 4 rings (SSSR count). The van der Waals surface area contributed by atoms with Gasteiger partial charge in [0.25, 0.3) is 0 Å². The van der Waals surface area contributed by atoms with Gasteiger partial charge in [0.2, 0.25) is 0 Å². The molecular weight excluding hydrogens is 365 g/mol. The van der Waals surface area contributed by atoms with E-state index < -0.39 is 5.82 Å². The number of ether oxygens (including phenoxy) is 1. The second-order valence-electron chi connectivity index (χ2n) is 7.08. The SMILES string of the molecule is Cc1ccc(OCCCn2cc(C(=O)c3ccccc3F)c3ccccc32)cc1. The van der Waals surface area contributed by atoms with Crippen molar-refractivity contribution in [1.29, 1.82) is 0 Å². The van der Waals surface area contributed by atoms with Crippen molar-refractivity contribution in [2.24, 2.45) is 0 Å². The lowest BCUT2D eigenvalue weighted by atomic mass is 10.0. The van der Waals surface area contributed by atoms with Crippen molar-refractivity contribution < 1.29 is 13.9 Å². The number of carbonyl (C=O) groups excluding carboxylic acids is 1. The predicted octanol–water partition coefficient (Wildman–Crippen LogP) is 5.79. The summed E-state index contributed by atoms with van der Waals surface area (Å²) in [5.74, 6) is 0.0539. The number of aryl methyl sites for hydroxylation is 2. The second kappa shape index (κ2) is 8.31. The molecule has 0 N–H and O–H groups in total. The summed E-state index contributed by atoms with van der Waals surface area (Å²) in [5.41, 5.74) is 2.77. The Hall–Kier alpha value is -3.40. The Kier molecular flexibility index (Phi) is 5.43. The first-order valence-electron chi connectivity index (χ1n) is 9.70. The molecule has 0 radical (unpaired) electrons. The standard InChI is InChI=1S/C25H22FNO2/c1-18-11-13-19(14-12-18)29-16-6-15-27-17-22(20-7-3-5-10-24(20)27)25(28)21-8-2-4-9-23(21)26/h2-5,7-14,17H,6,15-16H2,1H3. The molecule has 146 valence electrons. The first-order valence-corrected chi connectivity index (χ1v) is 9.70. The van der Waals surface area contributed by atoms with Gasteiger partial charge in [-0.25, -0.2) is 4.39 Å². The zero-order chi connectivity index (χ0) is 20.2. The summed E-state index contributed by atoms with van der Waals surface area (Å²) in [7, 11) is 0. The van der Waals surface area contributed by atoms with Crippen molar-refractivity contribution in [3.8, 4) is 5.75 Å². The van der Waals surface area contributed by atoms with Gasteiger partial charge in [-0.3, -0.25) is 4.79 Å². The summed E-state index contributed by atoms with van der Waals surface area (Å²) in [6.45, 7) is 3.32. The summed E-state index contributed by atoms with van der Waals surface area (Å²) in [4.78, 5) is 13.0. The quantitative estimate of drug-likeness (QED) is 0.297. The maximum Gasteiger partial charge on any atom is 0.198 e. The highest BCUT2D eigenvalue weighted by atomic mass is 19.1. The van der Waals surface area contributed by atoms with Gasteiger partial charge in [0.05, 0.1) is 12.2 Å². The molecule has 0 unspecified atom stereocenters. The molecule has 0 saturated carbocycles. The van der Waals surface area contributed by atoms with E-state index in [9.17, 15) is 9.18 Å². The maximum absolute atomic E-state index is 14.1. The van der Waals surface area contributed by atoms with E-state index >= 15 is 0 Å². The van der Waals surface area contributed by atoms with Crippen LogP contribution in [-0.2, 0) is 6.54 Å². The minimum Gasteiger partial charge on any atom is -0.494 e. The smallest absolute Gasteiger partial charge is 0.198 e. The normalized spacial score (nSPS) is 11.0. The Morgan fingerprint density at radius 2 is 1.66 bits per heavy atom. The third kappa shape index (κ3) is 4.06. The van der Waals surface area contributed by atoms with Gasteiger partial charge in [-0.15, -0.1) is 0 Å². The van der Waals surface area contributed by atoms with Crippen molar-refractivity contribution in [3.63, 3.8) is 0 Å². The van der Waals surface area contributed by atoms with Gasteiger partial charge >= 0.3 is 0 Å². The van der Waals surface area contributed by atoms with Gasteiger partial charge in [0.1, 0.15) is 11.6 Å². The van der Waals surface area contributed by atoms with Gasteiger partial charge in [0.15, 0.2) is 5.78 Å². The Labute approximate surface area is 169 Å². The molecule has 0 bridgehead atoms. The van der Waals surface area contributed by atoms with Gasteiger partial charge in [-0.2, -0.15) is 0 Å². The van der Waals surface area contributed by atoms with Crippen LogP contribution in [0, 0.1) is 12.7 Å². The molecule has 1 heterocycles. The monoisotopic (exact) mass is 387 g/mol. The van der Waals surface area contributed by atoms with Crippen LogP contribution >= 0.6 is 0 Å². The van der Waals surface area contributed by atoms with Crippen LogP contribution in [-0.4, -0.2) is 17.0 Å². The van der Waals surface area contributed by atoms with Crippen LogP contribution in [0.2, 0.25) is 0 Å². The molecule has 1 aromatic heterocycles. The molecule has 0 amide bonds. The number of ketones is 1. The van der Waals surface area contributed by atoms with Gasteiger partial charge in [-0.05, 0) is 43.7 Å². The summed E-state index contributed by atoms with van der Waals surface area (Å²) >= 11 is 0. The van der Waals surface area contributed by atoms with Crippen molar-refractivity contribution >= 4 is 16.7 Å². The van der Waals surface area contributed by atoms with Crippen LogP contribution in [0.25, 0.3) is 10.9 Å². The van der Waals surface area contributed by atoms with Crippen LogP contribution in [0.3, 0.4) is 0 Å². The number of halogens is 1. The number of para-hydroxylation sites is 1. The Morgan fingerprint density at radius 3 is 2.45 bits per heavy atom. The lowest BCUT2D eigenvalue weighted by Crippen LogP contribution is -2.05. The number of fused-ring (bicyclic) bond motifs is 1. The fourth-order valence-electron chi connectivity index (χ4n) is 3.46. The first kappa shape index (κ1) is 18.9. The van der Waals surface area contributed by atoms with E-state index in [0.717, 1.165) is 23.1 Å².